The number of rotatable bonds is 4. The second kappa shape index (κ2) is 6.45. The van der Waals surface area contributed by atoms with Crippen molar-refractivity contribution in [3.8, 4) is 0 Å². The number of aromatic nitrogens is 2. The van der Waals surface area contributed by atoms with E-state index in [0.29, 0.717) is 12.5 Å². The van der Waals surface area contributed by atoms with Crippen LogP contribution in [0.1, 0.15) is 25.1 Å². The molecule has 3 rings (SSSR count). The first-order valence-corrected chi connectivity index (χ1v) is 7.87. The minimum absolute atomic E-state index is 0.0854. The van der Waals surface area contributed by atoms with Crippen molar-refractivity contribution in [2.75, 3.05) is 18.5 Å². The third kappa shape index (κ3) is 3.03. The van der Waals surface area contributed by atoms with E-state index in [-0.39, 0.29) is 19.2 Å². The van der Waals surface area contributed by atoms with Gasteiger partial charge < -0.3 is 20.6 Å². The predicted molar refractivity (Wildman–Crippen MR) is 90.8 cm³/mol. The van der Waals surface area contributed by atoms with Gasteiger partial charge in [0.2, 0.25) is 5.95 Å². The quantitative estimate of drug-likeness (QED) is 0.799. The van der Waals surface area contributed by atoms with Crippen LogP contribution >= 0.6 is 0 Å². The van der Waals surface area contributed by atoms with E-state index in [0.717, 1.165) is 16.9 Å². The fourth-order valence-electron chi connectivity index (χ4n) is 2.84. The average Bonchev–Trinajstić information content (AvgIpc) is 2.84. The molecule has 0 radical (unpaired) electrons. The van der Waals surface area contributed by atoms with Crippen LogP contribution in [0, 0.1) is 0 Å². The Morgan fingerprint density at radius 3 is 2.79 bits per heavy atom. The van der Waals surface area contributed by atoms with Crippen LogP contribution in [-0.2, 0) is 12.1 Å². The highest BCUT2D eigenvalue weighted by molar-refractivity contribution is 5.76. The summed E-state index contributed by atoms with van der Waals surface area (Å²) in [6.45, 7) is 4.48. The maximum Gasteiger partial charge on any atom is 0.318 e. The summed E-state index contributed by atoms with van der Waals surface area (Å²) in [4.78, 5) is 22.9. The largest absolute Gasteiger partial charge is 0.395 e. The number of carbonyl (C=O) groups is 1. The average molecular weight is 327 g/mol. The van der Waals surface area contributed by atoms with Gasteiger partial charge in [-0.2, -0.15) is 0 Å². The highest BCUT2D eigenvalue weighted by Crippen LogP contribution is 2.37. The highest BCUT2D eigenvalue weighted by atomic mass is 16.3. The van der Waals surface area contributed by atoms with Gasteiger partial charge in [0, 0.05) is 24.0 Å². The zero-order valence-electron chi connectivity index (χ0n) is 13.8. The molecule has 24 heavy (non-hydrogen) atoms. The minimum atomic E-state index is -0.500. The third-order valence-electron chi connectivity index (χ3n) is 4.17. The summed E-state index contributed by atoms with van der Waals surface area (Å²) in [5, 5.41) is 14.7. The summed E-state index contributed by atoms with van der Waals surface area (Å²) in [6, 6.07) is 9.48. The van der Waals surface area contributed by atoms with Gasteiger partial charge in [-0.25, -0.2) is 14.8 Å². The standard InChI is InChI=1S/C17H21N5O2/c1-17(2)13-10-19-15(20-12-6-4-3-5-7-12)21-14(13)11-22(17)16(24)18-8-9-23/h3-7,10,23H,8-9,11H2,1-2H3,(H,18,24)(H,19,20,21). The maximum absolute atomic E-state index is 12.3. The van der Waals surface area contributed by atoms with E-state index in [1.807, 2.05) is 44.2 Å². The van der Waals surface area contributed by atoms with Gasteiger partial charge in [0.25, 0.3) is 0 Å². The molecule has 3 N–H and O–H groups in total. The van der Waals surface area contributed by atoms with Gasteiger partial charge in [-0.05, 0) is 26.0 Å². The number of para-hydroxylation sites is 1. The number of amides is 2. The second-order valence-corrected chi connectivity index (χ2v) is 6.15. The first kappa shape index (κ1) is 16.2. The number of aliphatic hydroxyl groups is 1. The molecule has 2 amide bonds. The summed E-state index contributed by atoms with van der Waals surface area (Å²) >= 11 is 0. The molecule has 0 atom stereocenters. The SMILES string of the molecule is CC1(C)c2cnc(Nc3ccccc3)nc2CN1C(=O)NCCO. The van der Waals surface area contributed by atoms with E-state index >= 15 is 0 Å². The molecule has 126 valence electrons. The van der Waals surface area contributed by atoms with E-state index < -0.39 is 5.54 Å². The molecule has 0 aliphatic carbocycles. The Bertz CT molecular complexity index is 733. The Balaban J connectivity index is 1.81. The molecule has 1 aromatic heterocycles. The Morgan fingerprint density at radius 1 is 1.33 bits per heavy atom. The van der Waals surface area contributed by atoms with E-state index in [4.69, 9.17) is 5.11 Å². The predicted octanol–water partition coefficient (Wildman–Crippen LogP) is 1.97. The zero-order chi connectivity index (χ0) is 17.2. The van der Waals surface area contributed by atoms with Gasteiger partial charge in [-0.3, -0.25) is 0 Å². The van der Waals surface area contributed by atoms with E-state index in [9.17, 15) is 4.79 Å². The summed E-state index contributed by atoms with van der Waals surface area (Å²) in [7, 11) is 0. The summed E-state index contributed by atoms with van der Waals surface area (Å²) < 4.78 is 0. The van der Waals surface area contributed by atoms with Crippen molar-refractivity contribution in [1.29, 1.82) is 0 Å². The van der Waals surface area contributed by atoms with Crippen LogP contribution < -0.4 is 10.6 Å². The van der Waals surface area contributed by atoms with Gasteiger partial charge in [-0.15, -0.1) is 0 Å². The summed E-state index contributed by atoms with van der Waals surface area (Å²) in [5.41, 5.74) is 2.17. The number of anilines is 2. The number of nitrogens with one attached hydrogen (secondary N) is 2. The van der Waals surface area contributed by atoms with E-state index in [1.165, 1.54) is 0 Å². The molecule has 0 unspecified atom stereocenters. The van der Waals surface area contributed by atoms with Crippen LogP contribution in [-0.4, -0.2) is 39.2 Å². The zero-order valence-corrected chi connectivity index (χ0v) is 13.8. The topological polar surface area (TPSA) is 90.4 Å². The van der Waals surface area contributed by atoms with Crippen LogP contribution in [0.4, 0.5) is 16.4 Å². The van der Waals surface area contributed by atoms with E-state index in [1.54, 1.807) is 11.1 Å². The Labute approximate surface area is 140 Å². The number of aliphatic hydroxyl groups excluding tert-OH is 1. The molecule has 1 aliphatic heterocycles. The number of nitrogens with zero attached hydrogens (tertiary/aromatic N) is 3. The molecule has 2 aromatic rings. The molecule has 0 saturated heterocycles. The minimum Gasteiger partial charge on any atom is -0.395 e. The lowest BCUT2D eigenvalue weighted by atomic mass is 9.97. The van der Waals surface area contributed by atoms with Crippen molar-refractivity contribution in [2.45, 2.75) is 25.9 Å². The van der Waals surface area contributed by atoms with Crippen molar-refractivity contribution in [3.63, 3.8) is 0 Å². The summed E-state index contributed by atoms with van der Waals surface area (Å²) in [5.74, 6) is 0.508. The van der Waals surface area contributed by atoms with Gasteiger partial charge in [0.05, 0.1) is 24.4 Å². The fraction of sp³-hybridized carbons (Fsp3) is 0.353. The van der Waals surface area contributed by atoms with Crippen LogP contribution in [0.15, 0.2) is 36.5 Å². The first-order valence-electron chi connectivity index (χ1n) is 7.87. The number of hydrogen-bond acceptors (Lipinski definition) is 5. The van der Waals surface area contributed by atoms with Gasteiger partial charge in [0.15, 0.2) is 0 Å². The lowest BCUT2D eigenvalue weighted by Gasteiger charge is -2.31. The maximum atomic E-state index is 12.3. The van der Waals surface area contributed by atoms with Crippen LogP contribution in [0.2, 0.25) is 0 Å². The van der Waals surface area contributed by atoms with Crippen molar-refractivity contribution >= 4 is 17.7 Å². The molecule has 1 aliphatic rings. The summed E-state index contributed by atoms with van der Waals surface area (Å²) in [6.07, 6.45) is 1.77. The Hall–Kier alpha value is -2.67. The van der Waals surface area contributed by atoms with Gasteiger partial charge in [-0.1, -0.05) is 18.2 Å². The normalized spacial score (nSPS) is 15.0. The molecule has 7 nitrogen and oxygen atoms in total. The smallest absolute Gasteiger partial charge is 0.318 e. The number of carbonyl (C=O) groups excluding carboxylic acids is 1. The fourth-order valence-corrected chi connectivity index (χ4v) is 2.84. The van der Waals surface area contributed by atoms with Gasteiger partial charge in [0.1, 0.15) is 0 Å². The van der Waals surface area contributed by atoms with Crippen LogP contribution in [0.3, 0.4) is 0 Å². The van der Waals surface area contributed by atoms with Gasteiger partial charge >= 0.3 is 6.03 Å². The second-order valence-electron chi connectivity index (χ2n) is 6.15. The lowest BCUT2D eigenvalue weighted by Crippen LogP contribution is -2.46. The molecule has 2 heterocycles. The lowest BCUT2D eigenvalue weighted by molar-refractivity contribution is 0.142. The van der Waals surface area contributed by atoms with Crippen LogP contribution in [0.25, 0.3) is 0 Å². The van der Waals surface area contributed by atoms with Crippen molar-refractivity contribution in [3.05, 3.63) is 47.8 Å². The van der Waals surface area contributed by atoms with Crippen molar-refractivity contribution in [2.24, 2.45) is 0 Å². The van der Waals surface area contributed by atoms with Crippen molar-refractivity contribution in [1.82, 2.24) is 20.2 Å². The molecule has 0 bridgehead atoms. The number of fused-ring (bicyclic) bond motifs is 1. The Morgan fingerprint density at radius 2 is 2.08 bits per heavy atom. The molecular formula is C17H21N5O2. The molecule has 0 spiro atoms. The monoisotopic (exact) mass is 327 g/mol. The number of urea groups is 1. The van der Waals surface area contributed by atoms with Crippen molar-refractivity contribution < 1.29 is 9.90 Å². The number of hydrogen-bond donors (Lipinski definition) is 3. The third-order valence-corrected chi connectivity index (χ3v) is 4.17. The molecule has 0 saturated carbocycles. The first-order chi connectivity index (χ1) is 11.5. The van der Waals surface area contributed by atoms with E-state index in [2.05, 4.69) is 20.6 Å². The highest BCUT2D eigenvalue weighted by Gasteiger charge is 2.41. The molecule has 7 heteroatoms. The molecule has 0 fully saturated rings. The number of benzene rings is 1. The van der Waals surface area contributed by atoms with Crippen LogP contribution in [0.5, 0.6) is 0 Å². The molecule has 1 aromatic carbocycles. The molecular weight excluding hydrogens is 306 g/mol. The Kier molecular flexibility index (Phi) is 4.35.